The molecule has 4 nitrogen and oxygen atoms in total. The molecule has 0 aliphatic carbocycles. The minimum absolute atomic E-state index is 0.0981. The largest absolute Gasteiger partial charge is 0.339 e. The van der Waals surface area contributed by atoms with E-state index in [2.05, 4.69) is 22.3 Å². The van der Waals surface area contributed by atoms with Crippen LogP contribution in [0.1, 0.15) is 42.7 Å². The van der Waals surface area contributed by atoms with Gasteiger partial charge in [0.05, 0.1) is 26.3 Å². The van der Waals surface area contributed by atoms with Crippen LogP contribution in [0.15, 0.2) is 78.9 Å². The molecule has 2 aliphatic rings. The number of likely N-dealkylation sites (tertiary alicyclic amines) is 1. The van der Waals surface area contributed by atoms with Crippen molar-refractivity contribution < 1.29 is 18.5 Å². The highest BCUT2D eigenvalue weighted by Crippen LogP contribution is 2.34. The topological polar surface area (TPSA) is 36.8 Å². The number of anilines is 1. The van der Waals surface area contributed by atoms with Crippen LogP contribution < -0.4 is 15.1 Å². The van der Waals surface area contributed by atoms with Gasteiger partial charge in [-0.3, -0.25) is 4.79 Å². The molecule has 182 valence electrons. The number of amides is 1. The molecule has 0 atom stereocenters. The summed E-state index contributed by atoms with van der Waals surface area (Å²) in [4.78, 5) is 16.6. The van der Waals surface area contributed by atoms with Crippen LogP contribution in [0.5, 0.6) is 0 Å². The number of quaternary nitrogens is 1. The molecule has 6 heteroatoms. The highest BCUT2D eigenvalue weighted by Gasteiger charge is 2.51. The lowest BCUT2D eigenvalue weighted by Crippen LogP contribution is -3.14. The summed E-state index contributed by atoms with van der Waals surface area (Å²) in [5.74, 6) is -0.258. The number of para-hydroxylation sites is 1. The zero-order chi connectivity index (χ0) is 24.3. The SMILES string of the molecule is O=C1NCN(c2ccccc2)C12CC[NH+](CCCC(c1ccc(F)cc1)c1ccc(F)cc1)CC2. The van der Waals surface area contributed by atoms with Gasteiger partial charge in [-0.1, -0.05) is 42.5 Å². The number of nitrogens with zero attached hydrogens (tertiary/aromatic N) is 1. The fourth-order valence-corrected chi connectivity index (χ4v) is 5.77. The van der Waals surface area contributed by atoms with E-state index in [9.17, 15) is 13.6 Å². The van der Waals surface area contributed by atoms with Crippen molar-refractivity contribution in [3.63, 3.8) is 0 Å². The number of carbonyl (C=O) groups excluding carboxylic acids is 1. The Morgan fingerprint density at radius 2 is 1.43 bits per heavy atom. The van der Waals surface area contributed by atoms with Crippen LogP contribution >= 0.6 is 0 Å². The van der Waals surface area contributed by atoms with Crippen molar-refractivity contribution in [2.45, 2.75) is 37.1 Å². The maximum Gasteiger partial charge on any atom is 0.247 e. The summed E-state index contributed by atoms with van der Waals surface area (Å²) < 4.78 is 27.0. The molecular formula is C29H32F2N3O+. The Balaban J connectivity index is 1.22. The first-order chi connectivity index (χ1) is 17.0. The molecule has 2 aliphatic heterocycles. The van der Waals surface area contributed by atoms with Gasteiger partial charge in [-0.05, 0) is 60.4 Å². The van der Waals surface area contributed by atoms with Crippen LogP contribution in [0.4, 0.5) is 14.5 Å². The van der Waals surface area contributed by atoms with Crippen LogP contribution in [0.25, 0.3) is 0 Å². The predicted molar refractivity (Wildman–Crippen MR) is 133 cm³/mol. The number of hydrogen-bond donors (Lipinski definition) is 2. The summed E-state index contributed by atoms with van der Waals surface area (Å²) in [6, 6.07) is 23.5. The average Bonchev–Trinajstić information content (AvgIpc) is 3.20. The molecule has 0 radical (unpaired) electrons. The van der Waals surface area contributed by atoms with Gasteiger partial charge in [0.15, 0.2) is 0 Å². The lowest BCUT2D eigenvalue weighted by Gasteiger charge is -2.41. The molecule has 0 saturated carbocycles. The number of benzene rings is 3. The highest BCUT2D eigenvalue weighted by molar-refractivity contribution is 5.93. The quantitative estimate of drug-likeness (QED) is 0.543. The molecule has 1 spiro atoms. The van der Waals surface area contributed by atoms with E-state index in [1.807, 2.05) is 42.5 Å². The molecule has 2 fully saturated rings. The number of halogens is 2. The summed E-state index contributed by atoms with van der Waals surface area (Å²) in [6.45, 7) is 3.49. The van der Waals surface area contributed by atoms with Crippen molar-refractivity contribution in [2.75, 3.05) is 31.2 Å². The van der Waals surface area contributed by atoms with Gasteiger partial charge in [0.1, 0.15) is 17.2 Å². The Kier molecular flexibility index (Phi) is 6.82. The summed E-state index contributed by atoms with van der Waals surface area (Å²) in [5, 5.41) is 3.07. The average molecular weight is 477 g/mol. The normalized spacial score (nSPS) is 22.1. The van der Waals surface area contributed by atoms with Crippen molar-refractivity contribution in [1.82, 2.24) is 5.32 Å². The van der Waals surface area contributed by atoms with Crippen LogP contribution in [-0.2, 0) is 4.79 Å². The number of piperidine rings is 1. The molecule has 0 aromatic heterocycles. The molecule has 0 unspecified atom stereocenters. The van der Waals surface area contributed by atoms with E-state index in [1.165, 1.54) is 29.2 Å². The van der Waals surface area contributed by atoms with Gasteiger partial charge in [0.2, 0.25) is 5.91 Å². The van der Waals surface area contributed by atoms with E-state index in [-0.39, 0.29) is 23.5 Å². The second kappa shape index (κ2) is 10.2. The monoisotopic (exact) mass is 476 g/mol. The third-order valence-corrected chi connectivity index (χ3v) is 7.76. The van der Waals surface area contributed by atoms with Crippen molar-refractivity contribution in [3.05, 3.63) is 102 Å². The molecule has 5 rings (SSSR count). The van der Waals surface area contributed by atoms with Crippen molar-refractivity contribution in [1.29, 1.82) is 0 Å². The molecule has 2 N–H and O–H groups in total. The molecule has 3 aromatic rings. The Hall–Kier alpha value is -3.25. The van der Waals surface area contributed by atoms with Crippen LogP contribution in [-0.4, -0.2) is 37.7 Å². The Morgan fingerprint density at radius 3 is 2.00 bits per heavy atom. The Morgan fingerprint density at radius 1 is 0.857 bits per heavy atom. The lowest BCUT2D eigenvalue weighted by molar-refractivity contribution is -0.906. The number of hydrogen-bond acceptors (Lipinski definition) is 2. The molecule has 35 heavy (non-hydrogen) atoms. The van der Waals surface area contributed by atoms with Crippen LogP contribution in [0.3, 0.4) is 0 Å². The first kappa shape index (κ1) is 23.5. The number of carbonyl (C=O) groups is 1. The number of rotatable bonds is 7. The van der Waals surface area contributed by atoms with Crippen molar-refractivity contribution in [2.24, 2.45) is 0 Å². The van der Waals surface area contributed by atoms with E-state index in [4.69, 9.17) is 0 Å². The Labute approximate surface area is 205 Å². The molecule has 2 saturated heterocycles. The van der Waals surface area contributed by atoms with E-state index < -0.39 is 5.54 Å². The third-order valence-electron chi connectivity index (χ3n) is 7.76. The first-order valence-corrected chi connectivity index (χ1v) is 12.5. The van der Waals surface area contributed by atoms with Crippen molar-refractivity contribution in [3.8, 4) is 0 Å². The molecule has 2 heterocycles. The van der Waals surface area contributed by atoms with Gasteiger partial charge >= 0.3 is 0 Å². The fourth-order valence-electron chi connectivity index (χ4n) is 5.77. The van der Waals surface area contributed by atoms with Crippen molar-refractivity contribution >= 4 is 11.6 Å². The minimum Gasteiger partial charge on any atom is -0.339 e. The van der Waals surface area contributed by atoms with E-state index >= 15 is 0 Å². The van der Waals surface area contributed by atoms with Gasteiger partial charge in [-0.25, -0.2) is 8.78 Å². The second-order valence-electron chi connectivity index (χ2n) is 9.76. The lowest BCUT2D eigenvalue weighted by atomic mass is 9.85. The van der Waals surface area contributed by atoms with Crippen LogP contribution in [0.2, 0.25) is 0 Å². The molecular weight excluding hydrogens is 444 g/mol. The van der Waals surface area contributed by atoms with Gasteiger partial charge in [0, 0.05) is 24.4 Å². The zero-order valence-corrected chi connectivity index (χ0v) is 19.9. The van der Waals surface area contributed by atoms with E-state index in [0.717, 1.165) is 62.1 Å². The van der Waals surface area contributed by atoms with Gasteiger partial charge in [-0.2, -0.15) is 0 Å². The van der Waals surface area contributed by atoms with E-state index in [0.29, 0.717) is 6.67 Å². The molecule has 0 bridgehead atoms. The maximum atomic E-state index is 13.5. The van der Waals surface area contributed by atoms with Gasteiger partial charge in [0.25, 0.3) is 0 Å². The standard InChI is InChI=1S/C29H31F2N3O/c30-24-12-8-22(9-13-24)27(23-10-14-25(31)15-11-23)7-4-18-33-19-16-29(17-20-33)28(35)32-21-34(29)26-5-2-1-3-6-26/h1-3,5-6,8-15,27H,4,7,16-21H2,(H,32,35)/p+1. The summed E-state index contributed by atoms with van der Waals surface area (Å²) >= 11 is 0. The highest BCUT2D eigenvalue weighted by atomic mass is 19.1. The van der Waals surface area contributed by atoms with Crippen LogP contribution in [0, 0.1) is 11.6 Å². The number of nitrogens with one attached hydrogen (secondary N) is 2. The second-order valence-corrected chi connectivity index (χ2v) is 9.76. The summed E-state index contributed by atoms with van der Waals surface area (Å²) in [5.41, 5.74) is 2.74. The zero-order valence-electron chi connectivity index (χ0n) is 19.9. The minimum atomic E-state index is -0.449. The first-order valence-electron chi connectivity index (χ1n) is 12.5. The summed E-state index contributed by atoms with van der Waals surface area (Å²) in [6.07, 6.45) is 3.57. The fraction of sp³-hybridized carbons (Fsp3) is 0.345. The summed E-state index contributed by atoms with van der Waals surface area (Å²) in [7, 11) is 0. The molecule has 1 amide bonds. The third kappa shape index (κ3) is 4.94. The maximum absolute atomic E-state index is 13.5. The molecule has 3 aromatic carbocycles. The Bertz CT molecular complexity index is 1080. The van der Waals surface area contributed by atoms with Gasteiger partial charge in [-0.15, -0.1) is 0 Å². The predicted octanol–water partition coefficient (Wildman–Crippen LogP) is 3.89. The smallest absolute Gasteiger partial charge is 0.247 e. The van der Waals surface area contributed by atoms with E-state index in [1.54, 1.807) is 0 Å². The van der Waals surface area contributed by atoms with Gasteiger partial charge < -0.3 is 15.1 Å².